The largest absolute Gasteiger partial charge is 0.307 e. The third-order valence-electron chi connectivity index (χ3n) is 3.65. The molecule has 0 aliphatic carbocycles. The van der Waals surface area contributed by atoms with Crippen molar-refractivity contribution in [3.05, 3.63) is 32.7 Å². The Hall–Kier alpha value is -1.05. The maximum absolute atomic E-state index is 12.8. The maximum atomic E-state index is 12.8. The molecule has 1 rings (SSSR count). The first-order valence-corrected chi connectivity index (χ1v) is 6.62. The Morgan fingerprint density at radius 2 is 1.28 bits per heavy atom. The molecule has 2 heteroatoms. The molecule has 0 radical (unpaired) electrons. The number of rotatable bonds is 0. The lowest BCUT2D eigenvalue weighted by molar-refractivity contribution is 0.367. The molecule has 0 amide bonds. The molecule has 0 saturated carbocycles. The summed E-state index contributed by atoms with van der Waals surface area (Å²) in [4.78, 5) is 12.8. The zero-order chi connectivity index (χ0) is 14.5. The molecule has 0 unspecified atom stereocenters. The standard InChI is InChI=1S/C16H27NO/c1-10-11(2)13(15(4,5)6)14(18)17(12(10)3)16(7,8)9/h1-9H3. The maximum Gasteiger partial charge on any atom is 0.255 e. The molecule has 0 bridgehead atoms. The Labute approximate surface area is 111 Å². The van der Waals surface area contributed by atoms with E-state index in [0.29, 0.717) is 0 Å². The van der Waals surface area contributed by atoms with Crippen LogP contribution in [0, 0.1) is 20.8 Å². The summed E-state index contributed by atoms with van der Waals surface area (Å²) in [5, 5.41) is 0. The molecule has 0 saturated heterocycles. The predicted octanol–water partition coefficient (Wildman–Crippen LogP) is 3.83. The van der Waals surface area contributed by atoms with E-state index in [9.17, 15) is 4.79 Å². The van der Waals surface area contributed by atoms with Crippen LogP contribution in [0.25, 0.3) is 0 Å². The van der Waals surface area contributed by atoms with E-state index in [4.69, 9.17) is 0 Å². The third-order valence-corrected chi connectivity index (χ3v) is 3.65. The molecule has 0 aromatic carbocycles. The van der Waals surface area contributed by atoms with Gasteiger partial charge >= 0.3 is 0 Å². The quantitative estimate of drug-likeness (QED) is 0.685. The molecule has 0 aliphatic rings. The molecule has 0 aliphatic heterocycles. The summed E-state index contributed by atoms with van der Waals surface area (Å²) in [7, 11) is 0. The first-order valence-electron chi connectivity index (χ1n) is 6.62. The van der Waals surface area contributed by atoms with Gasteiger partial charge in [-0.1, -0.05) is 20.8 Å². The fourth-order valence-corrected chi connectivity index (χ4v) is 2.74. The van der Waals surface area contributed by atoms with E-state index in [1.807, 2.05) is 11.5 Å². The van der Waals surface area contributed by atoms with E-state index in [1.165, 1.54) is 5.56 Å². The molecule has 0 fully saturated rings. The molecule has 18 heavy (non-hydrogen) atoms. The molecule has 1 aromatic rings. The van der Waals surface area contributed by atoms with Gasteiger partial charge in [0, 0.05) is 16.8 Å². The Kier molecular flexibility index (Phi) is 3.55. The Balaban J connectivity index is 3.90. The van der Waals surface area contributed by atoms with Crippen molar-refractivity contribution >= 4 is 0 Å². The number of pyridine rings is 1. The monoisotopic (exact) mass is 249 g/mol. The zero-order valence-electron chi connectivity index (χ0n) is 13.4. The first kappa shape index (κ1) is 15.0. The average Bonchev–Trinajstić information content (AvgIpc) is 2.09. The lowest BCUT2D eigenvalue weighted by Crippen LogP contribution is -2.41. The van der Waals surface area contributed by atoms with Crippen LogP contribution in [0.15, 0.2) is 4.79 Å². The number of nitrogens with zero attached hydrogens (tertiary/aromatic N) is 1. The van der Waals surface area contributed by atoms with Gasteiger partial charge in [0.2, 0.25) is 0 Å². The van der Waals surface area contributed by atoms with Gasteiger partial charge < -0.3 is 4.57 Å². The van der Waals surface area contributed by atoms with Crippen molar-refractivity contribution in [1.82, 2.24) is 4.57 Å². The van der Waals surface area contributed by atoms with Crippen molar-refractivity contribution < 1.29 is 0 Å². The fraction of sp³-hybridized carbons (Fsp3) is 0.688. The van der Waals surface area contributed by atoms with Crippen molar-refractivity contribution in [2.45, 2.75) is 73.3 Å². The Bertz CT molecular complexity index is 478. The normalized spacial score (nSPS) is 12.9. The van der Waals surface area contributed by atoms with E-state index < -0.39 is 0 Å². The zero-order valence-corrected chi connectivity index (χ0v) is 13.4. The minimum absolute atomic E-state index is 0.118. The van der Waals surface area contributed by atoms with E-state index in [0.717, 1.165) is 16.8 Å². The molecular weight excluding hydrogens is 222 g/mol. The van der Waals surface area contributed by atoms with Crippen LogP contribution in [0.4, 0.5) is 0 Å². The topological polar surface area (TPSA) is 22.0 Å². The minimum Gasteiger partial charge on any atom is -0.307 e. The molecule has 102 valence electrons. The molecular formula is C16H27NO. The van der Waals surface area contributed by atoms with Crippen molar-refractivity contribution in [1.29, 1.82) is 0 Å². The SMILES string of the molecule is Cc1c(C)c(C)n(C(C)(C)C)c(=O)c1C(C)(C)C. The first-order chi connectivity index (χ1) is 7.89. The predicted molar refractivity (Wildman–Crippen MR) is 78.6 cm³/mol. The summed E-state index contributed by atoms with van der Waals surface area (Å²) < 4.78 is 1.94. The van der Waals surface area contributed by atoms with Crippen LogP contribution >= 0.6 is 0 Å². The molecule has 0 spiro atoms. The van der Waals surface area contributed by atoms with Crippen LogP contribution in [0.1, 0.15) is 63.9 Å². The molecule has 0 N–H and O–H groups in total. The Morgan fingerprint density at radius 1 is 0.833 bits per heavy atom. The summed E-state index contributed by atoms with van der Waals surface area (Å²) in [6.45, 7) is 18.8. The van der Waals surface area contributed by atoms with Crippen LogP contribution < -0.4 is 5.56 Å². The van der Waals surface area contributed by atoms with Crippen LogP contribution in [0.3, 0.4) is 0 Å². The highest BCUT2D eigenvalue weighted by Crippen LogP contribution is 2.27. The van der Waals surface area contributed by atoms with Crippen molar-refractivity contribution in [3.8, 4) is 0 Å². The highest BCUT2D eigenvalue weighted by molar-refractivity contribution is 5.39. The lowest BCUT2D eigenvalue weighted by atomic mass is 9.83. The highest BCUT2D eigenvalue weighted by atomic mass is 16.1. The van der Waals surface area contributed by atoms with Gasteiger partial charge in [-0.25, -0.2) is 0 Å². The summed E-state index contributed by atoms with van der Waals surface area (Å²) in [6.07, 6.45) is 0. The van der Waals surface area contributed by atoms with Gasteiger partial charge in [0.05, 0.1) is 0 Å². The van der Waals surface area contributed by atoms with Gasteiger partial charge in [0.25, 0.3) is 5.56 Å². The molecule has 2 nitrogen and oxygen atoms in total. The molecule has 1 heterocycles. The van der Waals surface area contributed by atoms with Gasteiger partial charge in [-0.05, 0) is 58.1 Å². The van der Waals surface area contributed by atoms with E-state index in [-0.39, 0.29) is 16.5 Å². The summed E-state index contributed by atoms with van der Waals surface area (Å²) in [5.74, 6) is 0. The smallest absolute Gasteiger partial charge is 0.255 e. The van der Waals surface area contributed by atoms with Crippen LogP contribution in [0.2, 0.25) is 0 Å². The van der Waals surface area contributed by atoms with Gasteiger partial charge in [-0.15, -0.1) is 0 Å². The van der Waals surface area contributed by atoms with Crippen LogP contribution in [0.5, 0.6) is 0 Å². The van der Waals surface area contributed by atoms with Crippen molar-refractivity contribution in [2.24, 2.45) is 0 Å². The number of aromatic nitrogens is 1. The highest BCUT2D eigenvalue weighted by Gasteiger charge is 2.27. The third kappa shape index (κ3) is 2.38. The van der Waals surface area contributed by atoms with Gasteiger partial charge in [-0.2, -0.15) is 0 Å². The number of hydrogen-bond donors (Lipinski definition) is 0. The van der Waals surface area contributed by atoms with Crippen molar-refractivity contribution in [2.75, 3.05) is 0 Å². The fourth-order valence-electron chi connectivity index (χ4n) is 2.74. The lowest BCUT2D eigenvalue weighted by Gasteiger charge is -2.31. The summed E-state index contributed by atoms with van der Waals surface area (Å²) in [6, 6.07) is 0. The van der Waals surface area contributed by atoms with Crippen LogP contribution in [-0.4, -0.2) is 4.57 Å². The minimum atomic E-state index is -0.181. The van der Waals surface area contributed by atoms with Gasteiger partial charge in [0.15, 0.2) is 0 Å². The number of hydrogen-bond acceptors (Lipinski definition) is 1. The molecule has 0 atom stereocenters. The second-order valence-corrected chi connectivity index (χ2v) is 7.27. The summed E-state index contributed by atoms with van der Waals surface area (Å²) in [5.41, 5.74) is 4.26. The van der Waals surface area contributed by atoms with E-state index >= 15 is 0 Å². The second kappa shape index (κ2) is 4.25. The van der Waals surface area contributed by atoms with E-state index in [1.54, 1.807) is 0 Å². The van der Waals surface area contributed by atoms with Crippen LogP contribution in [-0.2, 0) is 11.0 Å². The Morgan fingerprint density at radius 3 is 1.61 bits per heavy atom. The second-order valence-electron chi connectivity index (χ2n) is 7.27. The average molecular weight is 249 g/mol. The molecule has 1 aromatic heterocycles. The summed E-state index contributed by atoms with van der Waals surface area (Å²) >= 11 is 0. The van der Waals surface area contributed by atoms with Crippen molar-refractivity contribution in [3.63, 3.8) is 0 Å². The van der Waals surface area contributed by atoms with Gasteiger partial charge in [-0.3, -0.25) is 4.79 Å². The van der Waals surface area contributed by atoms with Gasteiger partial charge in [0.1, 0.15) is 0 Å². The van der Waals surface area contributed by atoms with E-state index in [2.05, 4.69) is 55.4 Å².